The second kappa shape index (κ2) is 7.70. The molecule has 1 N–H and O–H groups in total. The van der Waals surface area contributed by atoms with E-state index in [9.17, 15) is 19.2 Å². The van der Waals surface area contributed by atoms with Crippen molar-refractivity contribution in [3.8, 4) is 6.07 Å². The number of rotatable bonds is 7. The number of hydrogen-bond acceptors (Lipinski definition) is 4. The van der Waals surface area contributed by atoms with Crippen LogP contribution in [0.25, 0.3) is 11.0 Å². The van der Waals surface area contributed by atoms with Gasteiger partial charge in [0.1, 0.15) is 11.6 Å². The van der Waals surface area contributed by atoms with Crippen molar-refractivity contribution < 1.29 is 14.0 Å². The Morgan fingerprint density at radius 1 is 1.12 bits per heavy atom. The fourth-order valence-corrected chi connectivity index (χ4v) is 2.74. The highest BCUT2D eigenvalue weighted by atomic mass is 19.1. The van der Waals surface area contributed by atoms with Gasteiger partial charge in [-0.3, -0.25) is 9.59 Å². The van der Waals surface area contributed by atoms with E-state index in [2.05, 4.69) is 9.97 Å². The molecule has 6 heteroatoms. The van der Waals surface area contributed by atoms with Gasteiger partial charge >= 0.3 is 0 Å². The van der Waals surface area contributed by atoms with Gasteiger partial charge in [0.15, 0.2) is 17.5 Å². The van der Waals surface area contributed by atoms with E-state index < -0.39 is 11.7 Å². The van der Waals surface area contributed by atoms with Crippen LogP contribution in [0.2, 0.25) is 0 Å². The van der Waals surface area contributed by atoms with E-state index >= 15 is 0 Å². The summed E-state index contributed by atoms with van der Waals surface area (Å²) in [6, 6.07) is 14.6. The number of imidazole rings is 1. The molecule has 26 heavy (non-hydrogen) atoms. The van der Waals surface area contributed by atoms with Gasteiger partial charge in [0.2, 0.25) is 0 Å². The zero-order valence-corrected chi connectivity index (χ0v) is 13.9. The monoisotopic (exact) mass is 349 g/mol. The molecule has 0 saturated heterocycles. The average Bonchev–Trinajstić information content (AvgIpc) is 3.06. The number of nitriles is 1. The van der Waals surface area contributed by atoms with Crippen LogP contribution in [0.4, 0.5) is 4.39 Å². The summed E-state index contributed by atoms with van der Waals surface area (Å²) in [6.07, 6.45) is 0.589. The maximum Gasteiger partial charge on any atom is 0.162 e. The Hall–Kier alpha value is -3.33. The molecule has 5 nitrogen and oxygen atoms in total. The third-order valence-electron chi connectivity index (χ3n) is 4.13. The molecule has 1 atom stereocenters. The lowest BCUT2D eigenvalue weighted by molar-refractivity contribution is -0.119. The van der Waals surface area contributed by atoms with Crippen molar-refractivity contribution in [3.63, 3.8) is 0 Å². The first-order valence-corrected chi connectivity index (χ1v) is 8.24. The van der Waals surface area contributed by atoms with Gasteiger partial charge in [-0.05, 0) is 42.8 Å². The summed E-state index contributed by atoms with van der Waals surface area (Å²) >= 11 is 0. The van der Waals surface area contributed by atoms with Gasteiger partial charge in [0.05, 0.1) is 17.1 Å². The van der Waals surface area contributed by atoms with E-state index in [0.717, 1.165) is 5.52 Å². The van der Waals surface area contributed by atoms with E-state index in [-0.39, 0.29) is 24.4 Å². The van der Waals surface area contributed by atoms with Gasteiger partial charge in [-0.25, -0.2) is 9.37 Å². The summed E-state index contributed by atoms with van der Waals surface area (Å²) in [5.74, 6) is -1.50. The average molecular weight is 349 g/mol. The second-order valence-corrected chi connectivity index (χ2v) is 5.95. The van der Waals surface area contributed by atoms with Crippen LogP contribution in [-0.2, 0) is 4.79 Å². The largest absolute Gasteiger partial charge is 0.340 e. The van der Waals surface area contributed by atoms with Crippen LogP contribution in [0.15, 0.2) is 48.5 Å². The number of Topliss-reactive ketones (excluding diaryl/α,β-unsaturated/α-hetero) is 2. The Kier molecular flexibility index (Phi) is 5.18. The fraction of sp³-hybridized carbons (Fsp3) is 0.200. The van der Waals surface area contributed by atoms with Crippen molar-refractivity contribution in [2.45, 2.75) is 25.2 Å². The van der Waals surface area contributed by atoms with Gasteiger partial charge in [0, 0.05) is 18.4 Å². The van der Waals surface area contributed by atoms with E-state index in [0.29, 0.717) is 23.3 Å². The topological polar surface area (TPSA) is 86.6 Å². The van der Waals surface area contributed by atoms with Gasteiger partial charge < -0.3 is 4.98 Å². The molecule has 1 heterocycles. The number of ketones is 2. The number of fused-ring (bicyclic) bond motifs is 1. The molecule has 0 unspecified atom stereocenters. The van der Waals surface area contributed by atoms with E-state index in [1.165, 1.54) is 24.3 Å². The van der Waals surface area contributed by atoms with Crippen molar-refractivity contribution >= 4 is 22.6 Å². The van der Waals surface area contributed by atoms with Gasteiger partial charge in [-0.2, -0.15) is 5.26 Å². The Morgan fingerprint density at radius 3 is 2.54 bits per heavy atom. The van der Waals surface area contributed by atoms with Crippen molar-refractivity contribution in [2.24, 2.45) is 0 Å². The number of benzene rings is 2. The minimum Gasteiger partial charge on any atom is -0.340 e. The van der Waals surface area contributed by atoms with Gasteiger partial charge in [-0.15, -0.1) is 0 Å². The predicted molar refractivity (Wildman–Crippen MR) is 94.0 cm³/mol. The summed E-state index contributed by atoms with van der Waals surface area (Å²) < 4.78 is 12.9. The van der Waals surface area contributed by atoms with Crippen molar-refractivity contribution in [1.29, 1.82) is 5.26 Å². The third kappa shape index (κ3) is 3.83. The fourth-order valence-electron chi connectivity index (χ4n) is 2.74. The van der Waals surface area contributed by atoms with Crippen LogP contribution in [0.5, 0.6) is 0 Å². The molecule has 1 aromatic heterocycles. The highest BCUT2D eigenvalue weighted by Crippen LogP contribution is 2.20. The Morgan fingerprint density at radius 2 is 1.85 bits per heavy atom. The first kappa shape index (κ1) is 17.5. The quantitative estimate of drug-likeness (QED) is 0.655. The minimum atomic E-state index is -0.983. The highest BCUT2D eigenvalue weighted by molar-refractivity contribution is 5.96. The second-order valence-electron chi connectivity index (χ2n) is 5.95. The molecule has 0 amide bonds. The summed E-state index contributed by atoms with van der Waals surface area (Å²) in [7, 11) is 0. The number of nitrogens with one attached hydrogen (secondary N) is 1. The van der Waals surface area contributed by atoms with Crippen molar-refractivity contribution in [3.05, 3.63) is 65.7 Å². The highest BCUT2D eigenvalue weighted by Gasteiger charge is 2.23. The van der Waals surface area contributed by atoms with Crippen LogP contribution < -0.4 is 0 Å². The first-order chi connectivity index (χ1) is 12.6. The Bertz CT molecular complexity index is 953. The molecule has 0 aliphatic carbocycles. The molecule has 0 bridgehead atoms. The number of aromatic nitrogens is 2. The molecule has 0 aliphatic rings. The summed E-state index contributed by atoms with van der Waals surface area (Å²) in [6.45, 7) is 0. The molecule has 3 aromatic rings. The summed E-state index contributed by atoms with van der Waals surface area (Å²) in [5.41, 5.74) is 1.87. The SMILES string of the molecule is N#C[C@H](C(=O)CCCC(=O)c1ccc(F)cc1)c1nc2ccccc2[nH]1. The summed E-state index contributed by atoms with van der Waals surface area (Å²) in [4.78, 5) is 31.7. The molecule has 3 rings (SSSR count). The zero-order valence-electron chi connectivity index (χ0n) is 13.9. The predicted octanol–water partition coefficient (Wildman–Crippen LogP) is 3.93. The molecular formula is C20H16FN3O2. The lowest BCUT2D eigenvalue weighted by Gasteiger charge is -2.05. The molecule has 0 fully saturated rings. The Balaban J connectivity index is 1.60. The number of para-hydroxylation sites is 2. The molecule has 0 aliphatic heterocycles. The molecular weight excluding hydrogens is 333 g/mol. The van der Waals surface area contributed by atoms with Crippen LogP contribution in [-0.4, -0.2) is 21.5 Å². The standard InChI is InChI=1S/C20H16FN3O2/c21-14-10-8-13(9-11-14)18(25)6-3-7-19(26)15(12-22)20-23-16-4-1-2-5-17(16)24-20/h1-2,4-5,8-11,15H,3,6-7H2,(H,23,24)/t15-/m1/s1. The molecule has 130 valence electrons. The van der Waals surface area contributed by atoms with Crippen molar-refractivity contribution in [1.82, 2.24) is 9.97 Å². The van der Waals surface area contributed by atoms with Gasteiger partial charge in [0.25, 0.3) is 0 Å². The zero-order chi connectivity index (χ0) is 18.5. The number of H-pyrrole nitrogens is 1. The van der Waals surface area contributed by atoms with E-state index in [4.69, 9.17) is 0 Å². The number of nitrogens with zero attached hydrogens (tertiary/aromatic N) is 2. The number of aromatic amines is 1. The number of carbonyl (C=O) groups excluding carboxylic acids is 2. The maximum atomic E-state index is 12.9. The van der Waals surface area contributed by atoms with E-state index in [1.54, 1.807) is 6.07 Å². The number of hydrogen-bond donors (Lipinski definition) is 1. The Labute approximate surface area is 149 Å². The van der Waals surface area contributed by atoms with E-state index in [1.807, 2.05) is 24.3 Å². The summed E-state index contributed by atoms with van der Waals surface area (Å²) in [5, 5.41) is 9.35. The lowest BCUT2D eigenvalue weighted by Crippen LogP contribution is -2.13. The molecule has 0 saturated carbocycles. The maximum absolute atomic E-state index is 12.9. The molecule has 2 aromatic carbocycles. The minimum absolute atomic E-state index is 0.0994. The first-order valence-electron chi connectivity index (χ1n) is 8.24. The number of halogens is 1. The smallest absolute Gasteiger partial charge is 0.162 e. The van der Waals surface area contributed by atoms with Gasteiger partial charge in [-0.1, -0.05) is 12.1 Å². The number of carbonyl (C=O) groups is 2. The normalized spacial score (nSPS) is 11.8. The van der Waals surface area contributed by atoms with Crippen molar-refractivity contribution in [2.75, 3.05) is 0 Å². The van der Waals surface area contributed by atoms with Crippen LogP contribution in [0.1, 0.15) is 41.4 Å². The van der Waals surface area contributed by atoms with Crippen LogP contribution in [0.3, 0.4) is 0 Å². The lowest BCUT2D eigenvalue weighted by atomic mass is 9.98. The third-order valence-corrected chi connectivity index (χ3v) is 4.13. The molecule has 0 spiro atoms. The van der Waals surface area contributed by atoms with Crippen LogP contribution >= 0.6 is 0 Å². The molecule has 0 radical (unpaired) electrons. The van der Waals surface area contributed by atoms with Crippen LogP contribution in [0, 0.1) is 17.1 Å².